The lowest BCUT2D eigenvalue weighted by Crippen LogP contribution is -1.86. The highest BCUT2D eigenvalue weighted by Crippen LogP contribution is 2.33. The van der Waals surface area contributed by atoms with Gasteiger partial charge in [0.2, 0.25) is 5.82 Å². The standard InChI is InChI=1S/C12H11N5OS/c1-2-7-5-8(10(13)19-7)12-16-11(17-18-12)9-3-4-14-6-15-9/h3-6H,2,13H2,1H3. The summed E-state index contributed by atoms with van der Waals surface area (Å²) in [6.07, 6.45) is 4.01. The third-order valence-corrected chi connectivity index (χ3v) is 3.74. The van der Waals surface area contributed by atoms with Gasteiger partial charge in [-0.1, -0.05) is 12.1 Å². The second kappa shape index (κ2) is 4.77. The van der Waals surface area contributed by atoms with E-state index in [0.29, 0.717) is 22.4 Å². The van der Waals surface area contributed by atoms with E-state index in [4.69, 9.17) is 10.3 Å². The number of nitrogen functional groups attached to an aromatic ring is 1. The zero-order valence-electron chi connectivity index (χ0n) is 10.2. The summed E-state index contributed by atoms with van der Waals surface area (Å²) in [5.41, 5.74) is 7.37. The number of nitrogens with zero attached hydrogens (tertiary/aromatic N) is 4. The van der Waals surface area contributed by atoms with Crippen LogP contribution in [0, 0.1) is 0 Å². The summed E-state index contributed by atoms with van der Waals surface area (Å²) in [6.45, 7) is 2.08. The van der Waals surface area contributed by atoms with Gasteiger partial charge in [0, 0.05) is 11.1 Å². The molecular formula is C12H11N5OS. The van der Waals surface area contributed by atoms with Crippen LogP contribution in [0.5, 0.6) is 0 Å². The molecule has 19 heavy (non-hydrogen) atoms. The molecule has 7 heteroatoms. The lowest BCUT2D eigenvalue weighted by atomic mass is 10.2. The Morgan fingerprint density at radius 3 is 3.00 bits per heavy atom. The van der Waals surface area contributed by atoms with E-state index in [0.717, 1.165) is 12.0 Å². The van der Waals surface area contributed by atoms with Gasteiger partial charge in [0.25, 0.3) is 5.89 Å². The number of rotatable bonds is 3. The molecule has 0 saturated carbocycles. The molecule has 0 atom stereocenters. The zero-order chi connectivity index (χ0) is 13.2. The molecule has 0 unspecified atom stereocenters. The van der Waals surface area contributed by atoms with Crippen LogP contribution in [0.2, 0.25) is 0 Å². The SMILES string of the molecule is CCc1cc(-c2nc(-c3ccncn3)no2)c(N)s1. The molecule has 0 amide bonds. The molecule has 6 nitrogen and oxygen atoms in total. The first-order valence-electron chi connectivity index (χ1n) is 5.76. The summed E-state index contributed by atoms with van der Waals surface area (Å²) in [5, 5.41) is 4.60. The van der Waals surface area contributed by atoms with Crippen LogP contribution in [0.4, 0.5) is 5.00 Å². The maximum absolute atomic E-state index is 5.96. The number of aryl methyl sites for hydroxylation is 1. The Bertz CT molecular complexity index is 691. The van der Waals surface area contributed by atoms with Gasteiger partial charge in [-0.05, 0) is 18.6 Å². The van der Waals surface area contributed by atoms with Crippen LogP contribution < -0.4 is 5.73 Å². The largest absolute Gasteiger partial charge is 0.390 e. The fraction of sp³-hybridized carbons (Fsp3) is 0.167. The normalized spacial score (nSPS) is 10.8. The van der Waals surface area contributed by atoms with Crippen molar-refractivity contribution in [2.45, 2.75) is 13.3 Å². The number of anilines is 1. The minimum Gasteiger partial charge on any atom is -0.390 e. The number of hydrogen-bond acceptors (Lipinski definition) is 7. The van der Waals surface area contributed by atoms with Gasteiger partial charge >= 0.3 is 0 Å². The predicted octanol–water partition coefficient (Wildman–Crippen LogP) is 2.40. The number of hydrogen-bond donors (Lipinski definition) is 1. The number of thiophene rings is 1. The number of aromatic nitrogens is 4. The molecule has 3 aromatic rings. The van der Waals surface area contributed by atoms with Crippen molar-refractivity contribution in [3.8, 4) is 23.0 Å². The molecule has 3 heterocycles. The van der Waals surface area contributed by atoms with Crippen LogP contribution in [0.3, 0.4) is 0 Å². The van der Waals surface area contributed by atoms with Gasteiger partial charge in [-0.3, -0.25) is 0 Å². The highest BCUT2D eigenvalue weighted by Gasteiger charge is 2.16. The van der Waals surface area contributed by atoms with Gasteiger partial charge in [-0.2, -0.15) is 4.98 Å². The van der Waals surface area contributed by atoms with Gasteiger partial charge in [-0.25, -0.2) is 9.97 Å². The summed E-state index contributed by atoms with van der Waals surface area (Å²) in [5.74, 6) is 0.850. The summed E-state index contributed by atoms with van der Waals surface area (Å²) in [4.78, 5) is 13.4. The monoisotopic (exact) mass is 273 g/mol. The van der Waals surface area contributed by atoms with Crippen LogP contribution >= 0.6 is 11.3 Å². The molecular weight excluding hydrogens is 262 g/mol. The van der Waals surface area contributed by atoms with Crippen LogP contribution in [-0.4, -0.2) is 20.1 Å². The van der Waals surface area contributed by atoms with Crippen molar-refractivity contribution >= 4 is 16.3 Å². The second-order valence-electron chi connectivity index (χ2n) is 3.86. The van der Waals surface area contributed by atoms with Gasteiger partial charge in [0.1, 0.15) is 12.0 Å². The fourth-order valence-corrected chi connectivity index (χ4v) is 2.52. The number of nitrogens with two attached hydrogens (primary N) is 1. The molecule has 0 saturated heterocycles. The minimum atomic E-state index is 0.419. The fourth-order valence-electron chi connectivity index (χ4n) is 1.66. The minimum absolute atomic E-state index is 0.419. The Morgan fingerprint density at radius 2 is 2.32 bits per heavy atom. The molecule has 0 aliphatic carbocycles. The zero-order valence-corrected chi connectivity index (χ0v) is 11.0. The Morgan fingerprint density at radius 1 is 1.42 bits per heavy atom. The van der Waals surface area contributed by atoms with Crippen LogP contribution in [0.25, 0.3) is 23.0 Å². The summed E-state index contributed by atoms with van der Waals surface area (Å²) < 4.78 is 5.25. The Hall–Kier alpha value is -2.28. The molecule has 0 aliphatic heterocycles. The van der Waals surface area contributed by atoms with Crippen molar-refractivity contribution in [2.75, 3.05) is 5.73 Å². The smallest absolute Gasteiger partial charge is 0.261 e. The highest BCUT2D eigenvalue weighted by atomic mass is 32.1. The average Bonchev–Trinajstić information content (AvgIpc) is 3.06. The first kappa shape index (κ1) is 11.8. The van der Waals surface area contributed by atoms with Crippen LogP contribution in [-0.2, 0) is 6.42 Å². The van der Waals surface area contributed by atoms with Crippen molar-refractivity contribution in [1.29, 1.82) is 0 Å². The average molecular weight is 273 g/mol. The van der Waals surface area contributed by atoms with E-state index in [2.05, 4.69) is 27.0 Å². The molecule has 0 aromatic carbocycles. The second-order valence-corrected chi connectivity index (χ2v) is 5.03. The molecule has 0 bridgehead atoms. The van der Waals surface area contributed by atoms with Gasteiger partial charge in [0.05, 0.1) is 10.6 Å². The summed E-state index contributed by atoms with van der Waals surface area (Å²) in [7, 11) is 0. The molecule has 0 aliphatic rings. The van der Waals surface area contributed by atoms with Crippen molar-refractivity contribution in [1.82, 2.24) is 20.1 Å². The van der Waals surface area contributed by atoms with Gasteiger partial charge in [0.15, 0.2) is 0 Å². The predicted molar refractivity (Wildman–Crippen MR) is 72.4 cm³/mol. The molecule has 0 spiro atoms. The third-order valence-electron chi connectivity index (χ3n) is 2.63. The summed E-state index contributed by atoms with van der Waals surface area (Å²) >= 11 is 1.54. The van der Waals surface area contributed by atoms with Gasteiger partial charge < -0.3 is 10.3 Å². The highest BCUT2D eigenvalue weighted by molar-refractivity contribution is 7.16. The Labute approximate surface area is 113 Å². The summed E-state index contributed by atoms with van der Waals surface area (Å²) in [6, 6.07) is 3.71. The molecule has 0 fully saturated rings. The quantitative estimate of drug-likeness (QED) is 0.788. The van der Waals surface area contributed by atoms with Crippen molar-refractivity contribution in [2.24, 2.45) is 0 Å². The van der Waals surface area contributed by atoms with Crippen LogP contribution in [0.15, 0.2) is 29.2 Å². The van der Waals surface area contributed by atoms with E-state index in [-0.39, 0.29) is 0 Å². The Kier molecular flexibility index (Phi) is 2.96. The topological polar surface area (TPSA) is 90.7 Å². The van der Waals surface area contributed by atoms with Gasteiger partial charge in [-0.15, -0.1) is 11.3 Å². The van der Waals surface area contributed by atoms with E-state index >= 15 is 0 Å². The molecule has 3 rings (SSSR count). The lowest BCUT2D eigenvalue weighted by molar-refractivity contribution is 0.432. The van der Waals surface area contributed by atoms with E-state index in [1.54, 1.807) is 12.3 Å². The van der Waals surface area contributed by atoms with Crippen molar-refractivity contribution < 1.29 is 4.52 Å². The molecule has 3 aromatic heterocycles. The molecule has 2 N–H and O–H groups in total. The van der Waals surface area contributed by atoms with E-state index in [1.165, 1.54) is 22.5 Å². The van der Waals surface area contributed by atoms with E-state index in [9.17, 15) is 0 Å². The maximum Gasteiger partial charge on any atom is 0.261 e. The molecule has 96 valence electrons. The third kappa shape index (κ3) is 2.19. The Balaban J connectivity index is 1.99. The van der Waals surface area contributed by atoms with E-state index < -0.39 is 0 Å². The van der Waals surface area contributed by atoms with Crippen LogP contribution in [0.1, 0.15) is 11.8 Å². The lowest BCUT2D eigenvalue weighted by Gasteiger charge is -1.90. The van der Waals surface area contributed by atoms with Crippen molar-refractivity contribution in [3.63, 3.8) is 0 Å². The maximum atomic E-state index is 5.96. The molecule has 0 radical (unpaired) electrons. The van der Waals surface area contributed by atoms with Crippen molar-refractivity contribution in [3.05, 3.63) is 29.5 Å². The first-order chi connectivity index (χ1) is 9.28. The van der Waals surface area contributed by atoms with E-state index in [1.807, 2.05) is 6.07 Å². The first-order valence-corrected chi connectivity index (χ1v) is 6.58.